The Morgan fingerprint density at radius 2 is 1.77 bits per heavy atom. The van der Waals surface area contributed by atoms with Gasteiger partial charge in [0.25, 0.3) is 0 Å². The summed E-state index contributed by atoms with van der Waals surface area (Å²) in [6.45, 7) is 4.42. The number of benzene rings is 1. The van der Waals surface area contributed by atoms with Crippen molar-refractivity contribution in [3.8, 4) is 0 Å². The minimum absolute atomic E-state index is 0.0338. The molecule has 0 aliphatic heterocycles. The number of rotatable bonds is 13. The molecule has 0 aliphatic carbocycles. The van der Waals surface area contributed by atoms with Crippen LogP contribution in [-0.4, -0.2) is 59.5 Å². The molecule has 0 saturated heterocycles. The number of amides is 2. The van der Waals surface area contributed by atoms with E-state index in [1.54, 1.807) is 24.2 Å². The predicted molar refractivity (Wildman–Crippen MR) is 124 cm³/mol. The van der Waals surface area contributed by atoms with Crippen LogP contribution in [-0.2, 0) is 27.9 Å². The molecule has 6 nitrogen and oxygen atoms in total. The van der Waals surface area contributed by atoms with Crippen LogP contribution in [0, 0.1) is 0 Å². The number of hydrogen-bond donors (Lipinski definition) is 0. The molecule has 2 aromatic rings. The molecule has 0 fully saturated rings. The second-order valence-electron chi connectivity index (χ2n) is 7.63. The van der Waals surface area contributed by atoms with Crippen LogP contribution in [0.1, 0.15) is 37.4 Å². The van der Waals surface area contributed by atoms with Crippen molar-refractivity contribution in [3.05, 3.63) is 66.0 Å². The second kappa shape index (κ2) is 13.4. The fraction of sp³-hybridized carbons (Fsp3) is 0.440. The third-order valence-electron chi connectivity index (χ3n) is 5.17. The molecule has 0 saturated carbocycles. The molecule has 0 radical (unpaired) electrons. The number of hydrogen-bond acceptors (Lipinski definition) is 3. The topological polar surface area (TPSA) is 54.8 Å². The summed E-state index contributed by atoms with van der Waals surface area (Å²) < 4.78 is 7.16. The fourth-order valence-corrected chi connectivity index (χ4v) is 3.26. The van der Waals surface area contributed by atoms with Crippen molar-refractivity contribution in [2.24, 2.45) is 7.05 Å². The first kappa shape index (κ1) is 24.4. The van der Waals surface area contributed by atoms with Gasteiger partial charge in [0.05, 0.1) is 6.54 Å². The highest BCUT2D eigenvalue weighted by Crippen LogP contribution is 2.09. The largest absolute Gasteiger partial charge is 0.385 e. The fourth-order valence-electron chi connectivity index (χ4n) is 3.26. The van der Waals surface area contributed by atoms with E-state index >= 15 is 0 Å². The summed E-state index contributed by atoms with van der Waals surface area (Å²) in [5, 5.41) is 0. The van der Waals surface area contributed by atoms with Crippen LogP contribution >= 0.6 is 0 Å². The molecule has 0 aliphatic rings. The highest BCUT2D eigenvalue weighted by molar-refractivity contribution is 5.94. The molecule has 168 valence electrons. The van der Waals surface area contributed by atoms with Crippen LogP contribution < -0.4 is 0 Å². The molecule has 1 heterocycles. The molecule has 1 aromatic heterocycles. The van der Waals surface area contributed by atoms with Crippen molar-refractivity contribution in [1.82, 2.24) is 14.4 Å². The van der Waals surface area contributed by atoms with Gasteiger partial charge in [0.1, 0.15) is 6.54 Å². The molecule has 0 bridgehead atoms. The van der Waals surface area contributed by atoms with Gasteiger partial charge in [0.2, 0.25) is 11.8 Å². The normalized spacial score (nSPS) is 11.1. The molecule has 6 heteroatoms. The van der Waals surface area contributed by atoms with Gasteiger partial charge < -0.3 is 19.1 Å². The number of carbonyl (C=O) groups excluding carboxylic acids is 2. The van der Waals surface area contributed by atoms with Crippen molar-refractivity contribution < 1.29 is 14.3 Å². The summed E-state index contributed by atoms with van der Waals surface area (Å²) in [6, 6.07) is 13.7. The van der Waals surface area contributed by atoms with Crippen molar-refractivity contribution in [2.45, 2.75) is 32.7 Å². The molecule has 2 amide bonds. The maximum Gasteiger partial charge on any atom is 0.247 e. The molecule has 2 rings (SSSR count). The van der Waals surface area contributed by atoms with E-state index in [4.69, 9.17) is 4.74 Å². The number of unbranched alkanes of at least 4 members (excludes halogenated alkanes) is 1. The van der Waals surface area contributed by atoms with Gasteiger partial charge in [-0.15, -0.1) is 0 Å². The van der Waals surface area contributed by atoms with Crippen LogP contribution in [0.4, 0.5) is 0 Å². The highest BCUT2D eigenvalue weighted by atomic mass is 16.5. The SMILES string of the molecule is CCCCN(Cc1cccn1C)C(=O)CN(CCCOC)C(=O)C=Cc1ccccc1. The smallest absolute Gasteiger partial charge is 0.247 e. The average molecular weight is 426 g/mol. The van der Waals surface area contributed by atoms with E-state index in [1.807, 2.05) is 65.2 Å². The Morgan fingerprint density at radius 1 is 1.03 bits per heavy atom. The number of aromatic nitrogens is 1. The van der Waals surface area contributed by atoms with Crippen LogP contribution in [0.3, 0.4) is 0 Å². The summed E-state index contributed by atoms with van der Waals surface area (Å²) in [5.41, 5.74) is 2.03. The first-order chi connectivity index (χ1) is 15.0. The van der Waals surface area contributed by atoms with Crippen LogP contribution in [0.15, 0.2) is 54.7 Å². The number of carbonyl (C=O) groups is 2. The summed E-state index contributed by atoms with van der Waals surface area (Å²) in [6.07, 6.45) is 7.93. The van der Waals surface area contributed by atoms with Gasteiger partial charge in [-0.2, -0.15) is 0 Å². The third-order valence-corrected chi connectivity index (χ3v) is 5.17. The lowest BCUT2D eigenvalue weighted by Crippen LogP contribution is -2.43. The molecular formula is C25H35N3O3. The van der Waals surface area contributed by atoms with E-state index in [2.05, 4.69) is 6.92 Å². The van der Waals surface area contributed by atoms with Crippen molar-refractivity contribution in [3.63, 3.8) is 0 Å². The van der Waals surface area contributed by atoms with E-state index in [-0.39, 0.29) is 18.4 Å². The van der Waals surface area contributed by atoms with Gasteiger partial charge in [-0.05, 0) is 36.6 Å². The quantitative estimate of drug-likeness (QED) is 0.363. The minimum Gasteiger partial charge on any atom is -0.385 e. The zero-order valence-electron chi connectivity index (χ0n) is 19.0. The minimum atomic E-state index is -0.164. The lowest BCUT2D eigenvalue weighted by molar-refractivity contribution is -0.138. The van der Waals surface area contributed by atoms with Crippen LogP contribution in [0.25, 0.3) is 6.08 Å². The molecule has 0 unspecified atom stereocenters. The van der Waals surface area contributed by atoms with Gasteiger partial charge in [-0.3, -0.25) is 9.59 Å². The Hall–Kier alpha value is -2.86. The van der Waals surface area contributed by atoms with Gasteiger partial charge in [0.15, 0.2) is 0 Å². The van der Waals surface area contributed by atoms with Gasteiger partial charge in [-0.25, -0.2) is 0 Å². The molecule has 1 aromatic carbocycles. The highest BCUT2D eigenvalue weighted by Gasteiger charge is 2.20. The predicted octanol–water partition coefficient (Wildman–Crippen LogP) is 3.73. The number of methoxy groups -OCH3 is 1. The van der Waals surface area contributed by atoms with Crippen molar-refractivity contribution >= 4 is 17.9 Å². The summed E-state index contributed by atoms with van der Waals surface area (Å²) >= 11 is 0. The zero-order valence-corrected chi connectivity index (χ0v) is 19.0. The van der Waals surface area contributed by atoms with E-state index in [1.165, 1.54) is 0 Å². The average Bonchev–Trinajstić information content (AvgIpc) is 3.19. The first-order valence-electron chi connectivity index (χ1n) is 10.9. The van der Waals surface area contributed by atoms with Crippen molar-refractivity contribution in [2.75, 3.05) is 33.4 Å². The summed E-state index contributed by atoms with van der Waals surface area (Å²) in [5.74, 6) is -0.198. The van der Waals surface area contributed by atoms with Crippen LogP contribution in [0.5, 0.6) is 0 Å². The van der Waals surface area contributed by atoms with Gasteiger partial charge in [0, 0.05) is 51.8 Å². The van der Waals surface area contributed by atoms with E-state index < -0.39 is 0 Å². The number of nitrogens with zero attached hydrogens (tertiary/aromatic N) is 3. The van der Waals surface area contributed by atoms with E-state index in [0.717, 1.165) is 24.1 Å². The maximum absolute atomic E-state index is 13.2. The Balaban J connectivity index is 2.09. The molecule has 0 spiro atoms. The standard InChI is InChI=1S/C25H35N3O3/c1-4-5-17-27(20-23-13-9-16-26(23)2)25(30)21-28(18-10-19-31-3)24(29)15-14-22-11-7-6-8-12-22/h6-9,11-16H,4-5,10,17-21H2,1-3H3. The number of aryl methyl sites for hydroxylation is 1. The first-order valence-corrected chi connectivity index (χ1v) is 10.9. The summed E-state index contributed by atoms with van der Waals surface area (Å²) in [7, 11) is 3.62. The lowest BCUT2D eigenvalue weighted by atomic mass is 10.2. The zero-order chi connectivity index (χ0) is 22.5. The van der Waals surface area contributed by atoms with Crippen LogP contribution in [0.2, 0.25) is 0 Å². The molecule has 0 atom stereocenters. The Bertz CT molecular complexity index is 830. The Labute approximate surface area is 186 Å². The Morgan fingerprint density at radius 3 is 2.42 bits per heavy atom. The molecule has 31 heavy (non-hydrogen) atoms. The maximum atomic E-state index is 13.2. The number of ether oxygens (including phenoxy) is 1. The second-order valence-corrected chi connectivity index (χ2v) is 7.63. The third kappa shape index (κ3) is 8.42. The van der Waals surface area contributed by atoms with Crippen molar-refractivity contribution in [1.29, 1.82) is 0 Å². The van der Waals surface area contributed by atoms with Gasteiger partial charge in [-0.1, -0.05) is 43.7 Å². The molecule has 0 N–H and O–H groups in total. The van der Waals surface area contributed by atoms with Gasteiger partial charge >= 0.3 is 0 Å². The Kier molecular flexibility index (Phi) is 10.6. The van der Waals surface area contributed by atoms with E-state index in [0.29, 0.717) is 32.7 Å². The lowest BCUT2D eigenvalue weighted by Gasteiger charge is -2.27. The molecular weight excluding hydrogens is 390 g/mol. The monoisotopic (exact) mass is 425 g/mol. The van der Waals surface area contributed by atoms with E-state index in [9.17, 15) is 9.59 Å². The summed E-state index contributed by atoms with van der Waals surface area (Å²) in [4.78, 5) is 29.5.